The van der Waals surface area contributed by atoms with Crippen LogP contribution >= 0.6 is 0 Å². The van der Waals surface area contributed by atoms with Gasteiger partial charge in [-0.25, -0.2) is 23.5 Å². The number of aromatic nitrogens is 4. The van der Waals surface area contributed by atoms with Gasteiger partial charge in [0.05, 0.1) is 13.2 Å². The fourth-order valence-electron chi connectivity index (χ4n) is 3.55. The molecule has 0 aliphatic carbocycles. The van der Waals surface area contributed by atoms with Gasteiger partial charge < -0.3 is 31.1 Å². The summed E-state index contributed by atoms with van der Waals surface area (Å²) >= 11 is 0. The van der Waals surface area contributed by atoms with Crippen LogP contribution in [0.2, 0.25) is 0 Å². The van der Waals surface area contributed by atoms with Crippen LogP contribution in [-0.4, -0.2) is 50.7 Å². The summed E-state index contributed by atoms with van der Waals surface area (Å²) in [7, 11) is 0. The van der Waals surface area contributed by atoms with Gasteiger partial charge >= 0.3 is 5.97 Å². The number of aliphatic hydroxyl groups is 1. The average Bonchev–Trinajstić information content (AvgIpc) is 2.99. The Hall–Kier alpha value is -4.91. The van der Waals surface area contributed by atoms with Crippen molar-refractivity contribution in [3.05, 3.63) is 83.7 Å². The predicted octanol–water partition coefficient (Wildman–Crippen LogP) is 6.03. The van der Waals surface area contributed by atoms with Crippen molar-refractivity contribution in [3.8, 4) is 0 Å². The molecular formula is C30H36F2N8O3. The Morgan fingerprint density at radius 1 is 0.814 bits per heavy atom. The van der Waals surface area contributed by atoms with E-state index >= 15 is 0 Å². The zero-order chi connectivity index (χ0) is 31.0. The summed E-state index contributed by atoms with van der Waals surface area (Å²) in [5, 5.41) is 21.3. The number of hydrogen-bond acceptors (Lipinski definition) is 11. The zero-order valence-electron chi connectivity index (χ0n) is 24.3. The number of esters is 1. The molecule has 0 fully saturated rings. The third-order valence-electron chi connectivity index (χ3n) is 5.57. The number of nitrogens with zero attached hydrogens (tertiary/aromatic N) is 4. The van der Waals surface area contributed by atoms with Crippen molar-refractivity contribution in [1.29, 1.82) is 0 Å². The Kier molecular flexibility index (Phi) is 13.0. The summed E-state index contributed by atoms with van der Waals surface area (Å²) < 4.78 is 31.3. The van der Waals surface area contributed by atoms with Gasteiger partial charge in [-0.1, -0.05) is 26.0 Å². The smallest absolute Gasteiger partial charge is 0.343 e. The third kappa shape index (κ3) is 10.5. The van der Waals surface area contributed by atoms with Gasteiger partial charge in [-0.3, -0.25) is 0 Å². The summed E-state index contributed by atoms with van der Waals surface area (Å²) in [5.41, 5.74) is 1.99. The van der Waals surface area contributed by atoms with Gasteiger partial charge in [0.15, 0.2) is 0 Å². The number of rotatable bonds is 13. The van der Waals surface area contributed by atoms with Crippen LogP contribution in [0, 0.1) is 11.6 Å². The average molecular weight is 595 g/mol. The van der Waals surface area contributed by atoms with Crippen LogP contribution in [0.15, 0.2) is 60.9 Å². The molecule has 0 aliphatic rings. The molecule has 0 saturated heterocycles. The maximum absolute atomic E-state index is 13.2. The number of benzene rings is 2. The molecule has 0 atom stereocenters. The van der Waals surface area contributed by atoms with E-state index in [4.69, 9.17) is 4.74 Å². The highest BCUT2D eigenvalue weighted by atomic mass is 19.1. The lowest BCUT2D eigenvalue weighted by Gasteiger charge is -2.12. The number of carbonyl (C=O) groups is 1. The van der Waals surface area contributed by atoms with E-state index in [-0.39, 0.29) is 36.4 Å². The van der Waals surface area contributed by atoms with Crippen molar-refractivity contribution in [2.45, 2.75) is 40.2 Å². The number of carbonyl (C=O) groups excluding carboxylic acids is 1. The van der Waals surface area contributed by atoms with E-state index in [2.05, 4.69) is 41.2 Å². The quantitative estimate of drug-likeness (QED) is 0.116. The molecule has 0 unspecified atom stereocenters. The standard InChI is InChI=1S/C16H19FN4O2.C14H17FN4O/c1-3-8-18-14-13(15(22)23-4-2)10-19-16(21-14)20-12-7-5-6-11(17)9-12;1-2-6-16-13-10(9-20)8-17-14(19-13)18-12-5-3-4-11(15)7-12/h5-7,9-10H,3-4,8H2,1-2H3,(H2,18,19,20,21);3-5,7-8,20H,2,6,9H2,1H3,(H2,16,17,18,19). The monoisotopic (exact) mass is 594 g/mol. The molecule has 4 rings (SSSR count). The third-order valence-corrected chi connectivity index (χ3v) is 5.57. The topological polar surface area (TPSA) is 146 Å². The van der Waals surface area contributed by atoms with Gasteiger partial charge in [0, 0.05) is 42.4 Å². The Labute approximate surface area is 249 Å². The van der Waals surface area contributed by atoms with Crippen molar-refractivity contribution in [1.82, 2.24) is 19.9 Å². The molecule has 4 aromatic rings. The van der Waals surface area contributed by atoms with E-state index in [0.29, 0.717) is 41.1 Å². The van der Waals surface area contributed by atoms with Crippen LogP contribution < -0.4 is 21.3 Å². The molecule has 5 N–H and O–H groups in total. The van der Waals surface area contributed by atoms with E-state index in [0.717, 1.165) is 19.4 Å². The number of ether oxygens (including phenoxy) is 1. The molecule has 2 aromatic heterocycles. The van der Waals surface area contributed by atoms with Gasteiger partial charge in [0.2, 0.25) is 11.9 Å². The Bertz CT molecular complexity index is 1480. The lowest BCUT2D eigenvalue weighted by atomic mass is 10.3. The largest absolute Gasteiger partial charge is 0.462 e. The highest BCUT2D eigenvalue weighted by Gasteiger charge is 2.16. The summed E-state index contributed by atoms with van der Waals surface area (Å²) in [6, 6.07) is 12.0. The maximum Gasteiger partial charge on any atom is 0.343 e. The van der Waals surface area contributed by atoms with E-state index in [9.17, 15) is 18.7 Å². The lowest BCUT2D eigenvalue weighted by Crippen LogP contribution is -2.13. The van der Waals surface area contributed by atoms with Gasteiger partial charge in [0.1, 0.15) is 28.8 Å². The number of hydrogen-bond donors (Lipinski definition) is 5. The minimum absolute atomic E-state index is 0.133. The first-order valence-electron chi connectivity index (χ1n) is 13.9. The molecule has 0 saturated carbocycles. The minimum Gasteiger partial charge on any atom is -0.462 e. The van der Waals surface area contributed by atoms with Crippen molar-refractivity contribution in [3.63, 3.8) is 0 Å². The van der Waals surface area contributed by atoms with Gasteiger partial charge in [-0.05, 0) is 56.2 Å². The Morgan fingerprint density at radius 3 is 1.86 bits per heavy atom. The number of aliphatic hydroxyl groups excluding tert-OH is 1. The van der Waals surface area contributed by atoms with Gasteiger partial charge in [0.25, 0.3) is 0 Å². The second kappa shape index (κ2) is 17.1. The molecule has 43 heavy (non-hydrogen) atoms. The first-order chi connectivity index (χ1) is 20.9. The van der Waals surface area contributed by atoms with Crippen LogP contribution in [-0.2, 0) is 11.3 Å². The van der Waals surface area contributed by atoms with Crippen molar-refractivity contribution in [2.24, 2.45) is 0 Å². The highest BCUT2D eigenvalue weighted by molar-refractivity contribution is 5.94. The van der Waals surface area contributed by atoms with Crippen LogP contribution in [0.1, 0.15) is 49.5 Å². The molecule has 2 aromatic carbocycles. The second-order valence-corrected chi connectivity index (χ2v) is 9.03. The molecule has 0 aliphatic heterocycles. The van der Waals surface area contributed by atoms with Gasteiger partial charge in [-0.2, -0.15) is 9.97 Å². The highest BCUT2D eigenvalue weighted by Crippen LogP contribution is 2.20. The molecule has 0 radical (unpaired) electrons. The second-order valence-electron chi connectivity index (χ2n) is 9.03. The summed E-state index contributed by atoms with van der Waals surface area (Å²) in [6.45, 7) is 7.33. The molecule has 0 spiro atoms. The van der Waals surface area contributed by atoms with Crippen LogP contribution in [0.4, 0.5) is 43.7 Å². The maximum atomic E-state index is 13.2. The zero-order valence-corrected chi connectivity index (χ0v) is 24.3. The molecule has 228 valence electrons. The van der Waals surface area contributed by atoms with Crippen LogP contribution in [0.5, 0.6) is 0 Å². The van der Waals surface area contributed by atoms with E-state index in [1.807, 2.05) is 13.8 Å². The van der Waals surface area contributed by atoms with E-state index in [1.165, 1.54) is 30.5 Å². The van der Waals surface area contributed by atoms with E-state index in [1.54, 1.807) is 37.4 Å². The fraction of sp³-hybridized carbons (Fsp3) is 0.300. The predicted molar refractivity (Wildman–Crippen MR) is 163 cm³/mol. The SMILES string of the molecule is CCCNc1nc(Nc2cccc(F)c2)ncc1C(=O)OCC.CCCNc1nc(Nc2cccc(F)c2)ncc1CO. The first kappa shape index (κ1) is 32.6. The van der Waals surface area contributed by atoms with Crippen molar-refractivity contribution < 1.29 is 23.4 Å². The van der Waals surface area contributed by atoms with Gasteiger partial charge in [-0.15, -0.1) is 0 Å². The van der Waals surface area contributed by atoms with E-state index < -0.39 is 5.97 Å². The molecular weight excluding hydrogens is 558 g/mol. The van der Waals surface area contributed by atoms with Crippen molar-refractivity contribution >= 4 is 40.9 Å². The minimum atomic E-state index is -0.483. The van der Waals surface area contributed by atoms with Crippen molar-refractivity contribution in [2.75, 3.05) is 41.0 Å². The number of nitrogens with one attached hydrogen (secondary N) is 4. The molecule has 13 heteroatoms. The molecule has 0 bridgehead atoms. The molecule has 11 nitrogen and oxygen atoms in total. The normalized spacial score (nSPS) is 10.3. The Balaban J connectivity index is 0.000000238. The number of anilines is 6. The summed E-state index contributed by atoms with van der Waals surface area (Å²) in [6.07, 6.45) is 4.76. The fourth-order valence-corrected chi connectivity index (χ4v) is 3.55. The molecule has 2 heterocycles. The first-order valence-corrected chi connectivity index (χ1v) is 13.9. The molecule has 0 amide bonds. The summed E-state index contributed by atoms with van der Waals surface area (Å²) in [4.78, 5) is 28.7. The van der Waals surface area contributed by atoms with Crippen LogP contribution in [0.25, 0.3) is 0 Å². The Morgan fingerprint density at radius 2 is 1.35 bits per heavy atom. The summed E-state index contributed by atoms with van der Waals surface area (Å²) in [5.74, 6) is 0.424. The van der Waals surface area contributed by atoms with Crippen LogP contribution in [0.3, 0.4) is 0 Å². The number of halogens is 2. The lowest BCUT2D eigenvalue weighted by molar-refractivity contribution is 0.0526.